The molecule has 1 saturated heterocycles. The third-order valence-corrected chi connectivity index (χ3v) is 4.30. The first-order valence-corrected chi connectivity index (χ1v) is 7.81. The lowest BCUT2D eigenvalue weighted by molar-refractivity contribution is 0.639. The normalized spacial score (nSPS) is 15.3. The van der Waals surface area contributed by atoms with E-state index in [0.29, 0.717) is 5.88 Å². The van der Waals surface area contributed by atoms with Gasteiger partial charge in [-0.05, 0) is 18.2 Å². The molecular weight excluding hydrogens is 307 g/mol. The maximum absolute atomic E-state index is 6.23. The number of piperazine rings is 1. The van der Waals surface area contributed by atoms with Crippen molar-refractivity contribution in [3.63, 3.8) is 0 Å². The van der Waals surface area contributed by atoms with Crippen LogP contribution >= 0.6 is 23.2 Å². The zero-order chi connectivity index (χ0) is 14.7. The molecule has 2 aromatic rings. The first-order chi connectivity index (χ1) is 10.3. The van der Waals surface area contributed by atoms with E-state index >= 15 is 0 Å². The van der Waals surface area contributed by atoms with Crippen molar-refractivity contribution in [3.8, 4) is 0 Å². The predicted molar refractivity (Wildman–Crippen MR) is 87.5 cm³/mol. The third-order valence-electron chi connectivity index (χ3n) is 3.68. The predicted octanol–water partition coefficient (Wildman–Crippen LogP) is 3.20. The molecule has 1 aromatic carbocycles. The Morgan fingerprint density at radius 1 is 0.952 bits per heavy atom. The topological polar surface area (TPSA) is 32.3 Å². The molecule has 0 bridgehead atoms. The first kappa shape index (κ1) is 14.4. The highest BCUT2D eigenvalue weighted by atomic mass is 35.5. The summed E-state index contributed by atoms with van der Waals surface area (Å²) in [4.78, 5) is 13.1. The molecule has 0 saturated carbocycles. The number of anilines is 2. The molecule has 0 N–H and O–H groups in total. The number of nitrogens with zero attached hydrogens (tertiary/aromatic N) is 4. The molecule has 1 aromatic heterocycles. The van der Waals surface area contributed by atoms with Crippen molar-refractivity contribution < 1.29 is 0 Å². The van der Waals surface area contributed by atoms with E-state index in [2.05, 4.69) is 25.8 Å². The Labute approximate surface area is 134 Å². The Balaban J connectivity index is 1.73. The van der Waals surface area contributed by atoms with Crippen molar-refractivity contribution in [2.45, 2.75) is 5.88 Å². The lowest BCUT2D eigenvalue weighted by atomic mass is 10.1. The van der Waals surface area contributed by atoms with Gasteiger partial charge in [0.15, 0.2) is 0 Å². The minimum atomic E-state index is 0.428. The number of halogens is 2. The Hall–Kier alpha value is -1.52. The minimum absolute atomic E-state index is 0.428. The van der Waals surface area contributed by atoms with Crippen LogP contribution in [0.3, 0.4) is 0 Å². The molecule has 6 heteroatoms. The van der Waals surface area contributed by atoms with Crippen LogP contribution in [0.5, 0.6) is 0 Å². The molecule has 0 spiro atoms. The fourth-order valence-corrected chi connectivity index (χ4v) is 3.16. The second-order valence-electron chi connectivity index (χ2n) is 4.89. The summed E-state index contributed by atoms with van der Waals surface area (Å²) < 4.78 is 0. The van der Waals surface area contributed by atoms with Gasteiger partial charge >= 0.3 is 0 Å². The second kappa shape index (κ2) is 6.50. The summed E-state index contributed by atoms with van der Waals surface area (Å²) in [6, 6.07) is 7.77. The van der Waals surface area contributed by atoms with Crippen LogP contribution in [0.1, 0.15) is 5.56 Å². The fraction of sp³-hybridized carbons (Fsp3) is 0.333. The molecular formula is C15H16Cl2N4. The molecule has 0 amide bonds. The lowest BCUT2D eigenvalue weighted by Gasteiger charge is -2.37. The molecule has 110 valence electrons. The van der Waals surface area contributed by atoms with Crippen LogP contribution in [0.25, 0.3) is 0 Å². The number of rotatable bonds is 3. The van der Waals surface area contributed by atoms with Gasteiger partial charge in [-0.15, -0.1) is 11.6 Å². The Morgan fingerprint density at radius 3 is 2.29 bits per heavy atom. The number of aromatic nitrogens is 2. The molecule has 0 unspecified atom stereocenters. The largest absolute Gasteiger partial charge is 0.368 e. The standard InChI is InChI=1S/C15H16Cl2N4/c16-11-12-13(17)3-1-4-14(12)20-7-9-21(10-8-20)15-18-5-2-6-19-15/h1-6H,7-11H2. The van der Waals surface area contributed by atoms with Gasteiger partial charge in [0.1, 0.15) is 0 Å². The summed E-state index contributed by atoms with van der Waals surface area (Å²) in [7, 11) is 0. The highest BCUT2D eigenvalue weighted by Crippen LogP contribution is 2.30. The highest BCUT2D eigenvalue weighted by Gasteiger charge is 2.21. The van der Waals surface area contributed by atoms with Crippen LogP contribution in [0.2, 0.25) is 5.02 Å². The maximum atomic E-state index is 6.23. The summed E-state index contributed by atoms with van der Waals surface area (Å²) in [5.74, 6) is 1.22. The van der Waals surface area contributed by atoms with Crippen LogP contribution in [0.4, 0.5) is 11.6 Å². The van der Waals surface area contributed by atoms with Gasteiger partial charge in [-0.1, -0.05) is 17.7 Å². The molecule has 2 heterocycles. The van der Waals surface area contributed by atoms with E-state index in [1.54, 1.807) is 12.4 Å². The number of hydrogen-bond donors (Lipinski definition) is 0. The first-order valence-electron chi connectivity index (χ1n) is 6.90. The van der Waals surface area contributed by atoms with Gasteiger partial charge in [-0.2, -0.15) is 0 Å². The van der Waals surface area contributed by atoms with E-state index < -0.39 is 0 Å². The van der Waals surface area contributed by atoms with Crippen LogP contribution in [0.15, 0.2) is 36.7 Å². The quantitative estimate of drug-likeness (QED) is 0.812. The van der Waals surface area contributed by atoms with E-state index in [0.717, 1.165) is 48.4 Å². The van der Waals surface area contributed by atoms with E-state index in [1.807, 2.05) is 18.2 Å². The van der Waals surface area contributed by atoms with Crippen molar-refractivity contribution in [3.05, 3.63) is 47.2 Å². The summed E-state index contributed by atoms with van der Waals surface area (Å²) in [5.41, 5.74) is 2.14. The fourth-order valence-electron chi connectivity index (χ4n) is 2.58. The molecule has 3 rings (SSSR count). The summed E-state index contributed by atoms with van der Waals surface area (Å²) in [6.07, 6.45) is 3.55. The third kappa shape index (κ3) is 3.06. The Kier molecular flexibility index (Phi) is 4.46. The van der Waals surface area contributed by atoms with Crippen molar-refractivity contribution in [1.29, 1.82) is 0 Å². The van der Waals surface area contributed by atoms with Gasteiger partial charge in [-0.3, -0.25) is 0 Å². The summed E-state index contributed by atoms with van der Waals surface area (Å²) in [6.45, 7) is 3.58. The van der Waals surface area contributed by atoms with Crippen LogP contribution in [0, 0.1) is 0 Å². The SMILES string of the molecule is ClCc1c(Cl)cccc1N1CCN(c2ncccn2)CC1. The average Bonchev–Trinajstić information content (AvgIpc) is 2.55. The number of hydrogen-bond acceptors (Lipinski definition) is 4. The van der Waals surface area contributed by atoms with E-state index in [1.165, 1.54) is 0 Å². The van der Waals surface area contributed by atoms with E-state index in [-0.39, 0.29) is 0 Å². The molecule has 1 aliphatic heterocycles. The minimum Gasteiger partial charge on any atom is -0.368 e. The molecule has 0 radical (unpaired) electrons. The molecule has 1 aliphatic rings. The van der Waals surface area contributed by atoms with Crippen molar-refractivity contribution >= 4 is 34.8 Å². The van der Waals surface area contributed by atoms with Crippen LogP contribution < -0.4 is 9.80 Å². The van der Waals surface area contributed by atoms with Gasteiger partial charge in [-0.25, -0.2) is 9.97 Å². The van der Waals surface area contributed by atoms with Gasteiger partial charge in [0.2, 0.25) is 5.95 Å². The maximum Gasteiger partial charge on any atom is 0.225 e. The average molecular weight is 323 g/mol. The van der Waals surface area contributed by atoms with Crippen molar-refractivity contribution in [2.75, 3.05) is 36.0 Å². The monoisotopic (exact) mass is 322 g/mol. The summed E-state index contributed by atoms with van der Waals surface area (Å²) >= 11 is 12.3. The van der Waals surface area contributed by atoms with Gasteiger partial charge in [0.05, 0.1) is 5.88 Å². The highest BCUT2D eigenvalue weighted by molar-refractivity contribution is 6.32. The van der Waals surface area contributed by atoms with Gasteiger partial charge < -0.3 is 9.80 Å². The van der Waals surface area contributed by atoms with Gasteiger partial charge in [0, 0.05) is 54.8 Å². The zero-order valence-corrected chi connectivity index (χ0v) is 13.1. The van der Waals surface area contributed by atoms with E-state index in [4.69, 9.17) is 23.2 Å². The van der Waals surface area contributed by atoms with Crippen LogP contribution in [-0.2, 0) is 5.88 Å². The number of benzene rings is 1. The number of alkyl halides is 1. The molecule has 4 nitrogen and oxygen atoms in total. The second-order valence-corrected chi connectivity index (χ2v) is 5.57. The molecule has 21 heavy (non-hydrogen) atoms. The zero-order valence-electron chi connectivity index (χ0n) is 11.5. The Bertz CT molecular complexity index is 598. The Morgan fingerprint density at radius 2 is 1.62 bits per heavy atom. The van der Waals surface area contributed by atoms with Crippen molar-refractivity contribution in [1.82, 2.24) is 9.97 Å². The molecule has 0 aliphatic carbocycles. The molecule has 1 fully saturated rings. The van der Waals surface area contributed by atoms with Crippen LogP contribution in [-0.4, -0.2) is 36.1 Å². The molecule has 0 atom stereocenters. The lowest BCUT2D eigenvalue weighted by Crippen LogP contribution is -2.47. The van der Waals surface area contributed by atoms with Gasteiger partial charge in [0.25, 0.3) is 0 Å². The smallest absolute Gasteiger partial charge is 0.225 e. The van der Waals surface area contributed by atoms with E-state index in [9.17, 15) is 0 Å². The van der Waals surface area contributed by atoms with Crippen molar-refractivity contribution in [2.24, 2.45) is 0 Å². The summed E-state index contributed by atoms with van der Waals surface area (Å²) in [5, 5.41) is 0.733.